The van der Waals surface area contributed by atoms with E-state index in [4.69, 9.17) is 4.74 Å². The van der Waals surface area contributed by atoms with E-state index in [2.05, 4.69) is 5.10 Å². The average Bonchev–Trinajstić information content (AvgIpc) is 3.05. The first kappa shape index (κ1) is 21.0. The zero-order valence-corrected chi connectivity index (χ0v) is 16.0. The number of rotatable bonds is 5. The number of hydrogen-bond acceptors (Lipinski definition) is 7. The van der Waals surface area contributed by atoms with Gasteiger partial charge in [0.2, 0.25) is 0 Å². The molecular formula is C16H17F3N4O5S. The van der Waals surface area contributed by atoms with Crippen molar-refractivity contribution in [3.05, 3.63) is 46.3 Å². The van der Waals surface area contributed by atoms with Gasteiger partial charge in [0.05, 0.1) is 35.3 Å². The highest BCUT2D eigenvalue weighted by Gasteiger charge is 2.47. The van der Waals surface area contributed by atoms with Crippen LogP contribution in [0.15, 0.2) is 35.5 Å². The first-order valence-corrected chi connectivity index (χ1v) is 9.93. The molecule has 1 aliphatic rings. The summed E-state index contributed by atoms with van der Waals surface area (Å²) in [6, 6.07) is 2.20. The molecule has 1 atom stereocenters. The molecule has 0 aliphatic carbocycles. The maximum absolute atomic E-state index is 12.8. The van der Waals surface area contributed by atoms with E-state index in [0.29, 0.717) is 12.6 Å². The summed E-state index contributed by atoms with van der Waals surface area (Å²) in [5.74, 6) is 0. The van der Waals surface area contributed by atoms with Crippen molar-refractivity contribution in [2.24, 2.45) is 0 Å². The van der Waals surface area contributed by atoms with E-state index in [9.17, 15) is 31.7 Å². The van der Waals surface area contributed by atoms with Gasteiger partial charge in [-0.3, -0.25) is 14.8 Å². The molecule has 1 saturated heterocycles. The van der Waals surface area contributed by atoms with Crippen molar-refractivity contribution in [3.8, 4) is 0 Å². The van der Waals surface area contributed by atoms with Crippen LogP contribution in [0.4, 0.5) is 24.5 Å². The minimum Gasteiger partial charge on any atom is -0.373 e. The number of alkyl halides is 3. The van der Waals surface area contributed by atoms with Gasteiger partial charge in [-0.25, -0.2) is 8.42 Å². The second kappa shape index (κ2) is 7.63. The lowest BCUT2D eigenvalue weighted by atomic mass is 10.2. The summed E-state index contributed by atoms with van der Waals surface area (Å²) in [6.45, 7) is 2.99. The highest BCUT2D eigenvalue weighted by molar-refractivity contribution is 7.92. The van der Waals surface area contributed by atoms with E-state index in [-0.39, 0.29) is 31.5 Å². The number of sulfone groups is 1. The quantitative estimate of drug-likeness (QED) is 0.525. The summed E-state index contributed by atoms with van der Waals surface area (Å²) in [7, 11) is -5.69. The Bertz CT molecular complexity index is 1020. The van der Waals surface area contributed by atoms with Crippen LogP contribution in [0, 0.1) is 17.0 Å². The van der Waals surface area contributed by atoms with Gasteiger partial charge in [-0.1, -0.05) is 0 Å². The third kappa shape index (κ3) is 4.34. The maximum atomic E-state index is 12.8. The second-order valence-corrected chi connectivity index (χ2v) is 8.48. The second-order valence-electron chi connectivity index (χ2n) is 6.54. The van der Waals surface area contributed by atoms with Crippen molar-refractivity contribution < 1.29 is 31.2 Å². The van der Waals surface area contributed by atoms with Crippen LogP contribution in [-0.4, -0.2) is 54.4 Å². The summed E-state index contributed by atoms with van der Waals surface area (Å²) >= 11 is 0. The van der Waals surface area contributed by atoms with Crippen molar-refractivity contribution in [2.45, 2.75) is 30.0 Å². The Morgan fingerprint density at radius 2 is 2.10 bits per heavy atom. The molecule has 2 aromatic rings. The van der Waals surface area contributed by atoms with E-state index in [0.717, 1.165) is 17.7 Å². The molecule has 3 rings (SSSR count). The third-order valence-corrected chi connectivity index (χ3v) is 5.88. The zero-order chi connectivity index (χ0) is 21.4. The van der Waals surface area contributed by atoms with Gasteiger partial charge in [-0.15, -0.1) is 0 Å². The minimum absolute atomic E-state index is 0.0288. The summed E-state index contributed by atoms with van der Waals surface area (Å²) in [5, 5.41) is 15.6. The molecule has 9 nitrogen and oxygen atoms in total. The van der Waals surface area contributed by atoms with Gasteiger partial charge in [0.25, 0.3) is 15.5 Å². The Labute approximate surface area is 163 Å². The van der Waals surface area contributed by atoms with Crippen LogP contribution in [0.3, 0.4) is 0 Å². The standard InChI is InChI=1S/C16H17F3N4O5S/c1-11-7-20-22(8-11)10-12-9-21(4-5-28-12)14-3-2-13(6-15(14)23(24)25)29(26,27)16(17,18)19/h2-3,6-8,12H,4-5,9-10H2,1H3. The monoisotopic (exact) mass is 434 g/mol. The van der Waals surface area contributed by atoms with E-state index < -0.39 is 30.9 Å². The molecule has 1 aromatic heterocycles. The van der Waals surface area contributed by atoms with Gasteiger partial charge in [-0.05, 0) is 24.6 Å². The van der Waals surface area contributed by atoms with Gasteiger partial charge in [0.1, 0.15) is 5.69 Å². The molecule has 158 valence electrons. The first-order valence-electron chi connectivity index (χ1n) is 8.44. The van der Waals surface area contributed by atoms with E-state index in [1.54, 1.807) is 15.8 Å². The van der Waals surface area contributed by atoms with Gasteiger partial charge in [-0.2, -0.15) is 18.3 Å². The lowest BCUT2D eigenvalue weighted by Gasteiger charge is -2.34. The van der Waals surface area contributed by atoms with Gasteiger partial charge in [0.15, 0.2) is 0 Å². The topological polar surface area (TPSA) is 108 Å². The normalized spacial score (nSPS) is 18.1. The predicted octanol–water partition coefficient (Wildman–Crippen LogP) is 2.30. The molecule has 0 radical (unpaired) electrons. The molecule has 0 spiro atoms. The fraction of sp³-hybridized carbons (Fsp3) is 0.438. The Balaban J connectivity index is 1.88. The Hall–Kier alpha value is -2.67. The number of nitro benzene ring substituents is 1. The predicted molar refractivity (Wildman–Crippen MR) is 95.3 cm³/mol. The SMILES string of the molecule is Cc1cnn(CC2CN(c3ccc(S(=O)(=O)C(F)(F)F)cc3[N+](=O)[O-])CCO2)c1. The van der Waals surface area contributed by atoms with Crippen LogP contribution >= 0.6 is 0 Å². The lowest BCUT2D eigenvalue weighted by molar-refractivity contribution is -0.384. The number of morpholine rings is 1. The highest BCUT2D eigenvalue weighted by Crippen LogP contribution is 2.36. The Morgan fingerprint density at radius 3 is 2.69 bits per heavy atom. The average molecular weight is 434 g/mol. The van der Waals surface area contributed by atoms with Crippen molar-refractivity contribution in [2.75, 3.05) is 24.6 Å². The minimum atomic E-state index is -5.69. The van der Waals surface area contributed by atoms with Crippen LogP contribution in [0.25, 0.3) is 0 Å². The fourth-order valence-electron chi connectivity index (χ4n) is 3.04. The van der Waals surface area contributed by atoms with E-state index in [1.807, 2.05) is 13.1 Å². The number of hydrogen-bond donors (Lipinski definition) is 0. The summed E-state index contributed by atoms with van der Waals surface area (Å²) < 4.78 is 68.8. The summed E-state index contributed by atoms with van der Waals surface area (Å²) in [6.07, 6.45) is 3.12. The van der Waals surface area contributed by atoms with E-state index >= 15 is 0 Å². The van der Waals surface area contributed by atoms with Gasteiger partial charge in [0, 0.05) is 25.4 Å². The Morgan fingerprint density at radius 1 is 1.38 bits per heavy atom. The molecule has 1 fully saturated rings. The highest BCUT2D eigenvalue weighted by atomic mass is 32.2. The number of aromatic nitrogens is 2. The molecule has 0 bridgehead atoms. The fourth-order valence-corrected chi connectivity index (χ4v) is 3.82. The largest absolute Gasteiger partial charge is 0.501 e. The van der Waals surface area contributed by atoms with Crippen LogP contribution in [0.2, 0.25) is 0 Å². The number of ether oxygens (including phenoxy) is 1. The van der Waals surface area contributed by atoms with Crippen molar-refractivity contribution >= 4 is 21.2 Å². The molecule has 2 heterocycles. The molecule has 1 aliphatic heterocycles. The van der Waals surface area contributed by atoms with Gasteiger partial charge >= 0.3 is 5.51 Å². The lowest BCUT2D eigenvalue weighted by Crippen LogP contribution is -2.44. The van der Waals surface area contributed by atoms with Crippen molar-refractivity contribution in [1.29, 1.82) is 0 Å². The summed E-state index contributed by atoms with van der Waals surface area (Å²) in [4.78, 5) is 10.9. The van der Waals surface area contributed by atoms with E-state index in [1.165, 1.54) is 0 Å². The molecular weight excluding hydrogens is 417 g/mol. The number of nitrogens with zero attached hydrogens (tertiary/aromatic N) is 4. The zero-order valence-electron chi connectivity index (χ0n) is 15.2. The molecule has 0 amide bonds. The van der Waals surface area contributed by atoms with Crippen molar-refractivity contribution in [3.63, 3.8) is 0 Å². The number of benzene rings is 1. The van der Waals surface area contributed by atoms with Crippen LogP contribution < -0.4 is 4.90 Å². The van der Waals surface area contributed by atoms with Crippen LogP contribution in [0.5, 0.6) is 0 Å². The third-order valence-electron chi connectivity index (χ3n) is 4.39. The molecule has 0 saturated carbocycles. The number of nitro groups is 1. The van der Waals surface area contributed by atoms with Crippen LogP contribution in [0.1, 0.15) is 5.56 Å². The molecule has 1 unspecified atom stereocenters. The van der Waals surface area contributed by atoms with Crippen LogP contribution in [-0.2, 0) is 21.1 Å². The number of aryl methyl sites for hydroxylation is 1. The molecule has 29 heavy (non-hydrogen) atoms. The smallest absolute Gasteiger partial charge is 0.373 e. The number of anilines is 1. The summed E-state index contributed by atoms with van der Waals surface area (Å²) in [5.41, 5.74) is -5.28. The maximum Gasteiger partial charge on any atom is 0.501 e. The number of halogens is 3. The molecule has 13 heteroatoms. The molecule has 0 N–H and O–H groups in total. The van der Waals surface area contributed by atoms with Gasteiger partial charge < -0.3 is 9.64 Å². The molecule has 1 aromatic carbocycles. The first-order chi connectivity index (χ1) is 13.5. The van der Waals surface area contributed by atoms with Crippen molar-refractivity contribution in [1.82, 2.24) is 9.78 Å². The Kier molecular flexibility index (Phi) is 5.54.